The summed E-state index contributed by atoms with van der Waals surface area (Å²) in [6.45, 7) is 4.65. The van der Waals surface area contributed by atoms with Crippen molar-refractivity contribution >= 4 is 18.6 Å². The normalized spacial score (nSPS) is 25.7. The van der Waals surface area contributed by atoms with Crippen molar-refractivity contribution in [3.63, 3.8) is 0 Å². The molecule has 0 amide bonds. The van der Waals surface area contributed by atoms with Crippen molar-refractivity contribution in [3.8, 4) is 0 Å². The van der Waals surface area contributed by atoms with Crippen LogP contribution in [0, 0.1) is 6.85 Å². The number of aryl methyl sites for hydroxylation is 1. The van der Waals surface area contributed by atoms with Gasteiger partial charge in [0.2, 0.25) is 0 Å². The molecule has 0 saturated carbocycles. The molecule has 0 unspecified atom stereocenters. The van der Waals surface area contributed by atoms with E-state index in [2.05, 4.69) is 9.72 Å². The molecule has 1 aliphatic rings. The van der Waals surface area contributed by atoms with Crippen LogP contribution in [0.15, 0.2) is 12.3 Å². The van der Waals surface area contributed by atoms with E-state index >= 15 is 0 Å². The van der Waals surface area contributed by atoms with Crippen LogP contribution in [-0.4, -0.2) is 36.3 Å². The lowest BCUT2D eigenvalue weighted by Gasteiger charge is -2.32. The number of rotatable bonds is 2. The van der Waals surface area contributed by atoms with Crippen LogP contribution in [0.2, 0.25) is 0 Å². The van der Waals surface area contributed by atoms with Gasteiger partial charge in [0.05, 0.1) is 22.4 Å². The van der Waals surface area contributed by atoms with E-state index in [1.807, 2.05) is 27.7 Å². The van der Waals surface area contributed by atoms with Crippen molar-refractivity contribution in [2.24, 2.45) is 0 Å². The van der Waals surface area contributed by atoms with Gasteiger partial charge in [0.25, 0.3) is 0 Å². The molecule has 0 aromatic carbocycles. The number of nitrogens with zero attached hydrogens (tertiary/aromatic N) is 1. The number of carbonyl (C=O) groups excluding carboxylic acids is 1. The van der Waals surface area contributed by atoms with E-state index in [0.29, 0.717) is 5.46 Å². The van der Waals surface area contributed by atoms with Gasteiger partial charge in [-0.25, -0.2) is 9.78 Å². The first kappa shape index (κ1) is 8.80. The largest absolute Gasteiger partial charge is 0.496 e. The maximum Gasteiger partial charge on any atom is 0.496 e. The Hall–Kier alpha value is -1.40. The summed E-state index contributed by atoms with van der Waals surface area (Å²) in [4.78, 5) is 15.8. The van der Waals surface area contributed by atoms with Gasteiger partial charge in [-0.3, -0.25) is 0 Å². The predicted octanol–water partition coefficient (Wildman–Crippen LogP) is 1.48. The van der Waals surface area contributed by atoms with Gasteiger partial charge in [0, 0.05) is 15.8 Å². The molecule has 1 aliphatic heterocycles. The minimum Gasteiger partial charge on any atom is -0.464 e. The molecule has 6 heteroatoms. The third kappa shape index (κ3) is 2.45. The molecule has 5 nitrogen and oxygen atoms in total. The Morgan fingerprint density at radius 3 is 2.55 bits per heavy atom. The summed E-state index contributed by atoms with van der Waals surface area (Å²) in [6, 6.07) is 1.21. The topological polar surface area (TPSA) is 57.7 Å². The molecule has 2 heterocycles. The Balaban J connectivity index is 2.43. The average Bonchev–Trinajstić information content (AvgIpc) is 2.64. The Morgan fingerprint density at radius 2 is 2.00 bits per heavy atom. The number of ether oxygens (including phenoxy) is 1. The molecule has 0 atom stereocenters. The van der Waals surface area contributed by atoms with E-state index < -0.39 is 49.4 Å². The third-order valence-electron chi connectivity index (χ3n) is 3.72. The molecule has 0 bridgehead atoms. The van der Waals surface area contributed by atoms with Gasteiger partial charge in [0.15, 0.2) is 5.69 Å². The van der Waals surface area contributed by atoms with E-state index in [4.69, 9.17) is 17.5 Å². The second-order valence-electron chi connectivity index (χ2n) is 5.64. The first-order valence-corrected chi connectivity index (χ1v) is 6.13. The molecule has 0 aliphatic carbocycles. The highest BCUT2D eigenvalue weighted by atomic mass is 16.7. The van der Waals surface area contributed by atoms with Crippen molar-refractivity contribution in [2.45, 2.75) is 45.7 Å². The Kier molecular flexibility index (Phi) is 2.14. The second kappa shape index (κ2) is 4.86. The predicted molar refractivity (Wildman–Crippen MR) is 76.0 cm³/mol. The lowest BCUT2D eigenvalue weighted by Crippen LogP contribution is -2.41. The van der Waals surface area contributed by atoms with Crippen molar-refractivity contribution in [2.75, 3.05) is 7.04 Å². The molecule has 1 saturated heterocycles. The molecule has 0 radical (unpaired) electrons. The lowest BCUT2D eigenvalue weighted by atomic mass is 9.79. The van der Waals surface area contributed by atoms with E-state index in [-0.39, 0.29) is 0 Å². The number of methoxy groups -OCH3 is 1. The van der Waals surface area contributed by atoms with Crippen LogP contribution < -0.4 is 5.46 Å². The summed E-state index contributed by atoms with van der Waals surface area (Å²) < 4.78 is 59.8. The lowest BCUT2D eigenvalue weighted by molar-refractivity contribution is 0.00578. The number of esters is 1. The monoisotopic (exact) mass is 283 g/mol. The fraction of sp³-hybridized carbons (Fsp3) is 0.571. The van der Waals surface area contributed by atoms with Gasteiger partial charge in [0.1, 0.15) is 0 Å². The summed E-state index contributed by atoms with van der Waals surface area (Å²) in [5.41, 5.74) is -1.99. The maximum absolute atomic E-state index is 12.0. The number of hydrogen-bond acceptors (Lipinski definition) is 5. The van der Waals surface area contributed by atoms with E-state index in [1.54, 1.807) is 0 Å². The zero-order valence-electron chi connectivity index (χ0n) is 17.8. The van der Waals surface area contributed by atoms with Gasteiger partial charge in [-0.05, 0) is 40.1 Å². The van der Waals surface area contributed by atoms with Crippen molar-refractivity contribution in [1.82, 2.24) is 4.98 Å². The molecule has 0 spiro atoms. The SMILES string of the molecule is [2H]C([2H])([2H])OC(=O)c1ncc(B2OC(C)(C)C(C)(C)O2)cc1C([2H])([2H])[2H]. The molecule has 108 valence electrons. The van der Waals surface area contributed by atoms with Crippen LogP contribution in [0.1, 0.15) is 52.0 Å². The van der Waals surface area contributed by atoms with Gasteiger partial charge < -0.3 is 14.0 Å². The van der Waals surface area contributed by atoms with Crippen LogP contribution in [-0.2, 0) is 14.0 Å². The Bertz CT molecular complexity index is 700. The third-order valence-corrected chi connectivity index (χ3v) is 3.72. The van der Waals surface area contributed by atoms with Crippen LogP contribution in [0.5, 0.6) is 0 Å². The van der Waals surface area contributed by atoms with Gasteiger partial charge in [-0.2, -0.15) is 0 Å². The molecule has 20 heavy (non-hydrogen) atoms. The molecular formula is C14H20BNO4. The van der Waals surface area contributed by atoms with Crippen molar-refractivity contribution in [3.05, 3.63) is 23.5 Å². The molecular weight excluding hydrogens is 257 g/mol. The quantitative estimate of drug-likeness (QED) is 0.607. The Labute approximate surface area is 128 Å². The highest BCUT2D eigenvalue weighted by molar-refractivity contribution is 6.62. The minimum absolute atomic E-state index is 0.306. The zero-order valence-corrected chi connectivity index (χ0v) is 11.8. The second-order valence-corrected chi connectivity index (χ2v) is 5.64. The summed E-state index contributed by atoms with van der Waals surface area (Å²) in [5.74, 6) is -1.34. The van der Waals surface area contributed by atoms with Crippen LogP contribution in [0.3, 0.4) is 0 Å². The fourth-order valence-electron chi connectivity index (χ4n) is 1.80. The highest BCUT2D eigenvalue weighted by Crippen LogP contribution is 2.36. The van der Waals surface area contributed by atoms with E-state index in [9.17, 15) is 4.79 Å². The number of hydrogen-bond donors (Lipinski definition) is 0. The average molecular weight is 283 g/mol. The van der Waals surface area contributed by atoms with Gasteiger partial charge >= 0.3 is 13.1 Å². The summed E-state index contributed by atoms with van der Waals surface area (Å²) in [7, 11) is -3.88. The minimum atomic E-state index is -3.00. The van der Waals surface area contributed by atoms with Gasteiger partial charge in [-0.1, -0.05) is 6.07 Å². The fourth-order valence-corrected chi connectivity index (χ4v) is 1.80. The molecule has 0 N–H and O–H groups in total. The zero-order chi connectivity index (χ0) is 20.1. The number of aromatic nitrogens is 1. The standard InChI is InChI=1S/C14H20BNO4/c1-9-7-10(8-16-11(9)12(17)18-6)15-19-13(2,3)14(4,5)20-15/h7-8H,1-6H3/i1D3,6D3. The van der Waals surface area contributed by atoms with Crippen molar-refractivity contribution in [1.29, 1.82) is 0 Å². The van der Waals surface area contributed by atoms with Gasteiger partial charge in [-0.15, -0.1) is 0 Å². The smallest absolute Gasteiger partial charge is 0.464 e. The van der Waals surface area contributed by atoms with Crippen LogP contribution in [0.25, 0.3) is 0 Å². The molecule has 2 rings (SSSR count). The first-order valence-electron chi connectivity index (χ1n) is 9.13. The van der Waals surface area contributed by atoms with Crippen LogP contribution >= 0.6 is 0 Å². The molecule has 1 fully saturated rings. The first-order chi connectivity index (χ1) is 11.5. The Morgan fingerprint density at radius 1 is 1.35 bits per heavy atom. The molecule has 1 aromatic heterocycles. The highest BCUT2D eigenvalue weighted by Gasteiger charge is 2.51. The van der Waals surface area contributed by atoms with Crippen LogP contribution in [0.4, 0.5) is 0 Å². The van der Waals surface area contributed by atoms with E-state index in [0.717, 1.165) is 0 Å². The van der Waals surface area contributed by atoms with Crippen molar-refractivity contribution < 1.29 is 27.1 Å². The summed E-state index contributed by atoms with van der Waals surface area (Å²) >= 11 is 0. The molecule has 1 aromatic rings. The summed E-state index contributed by atoms with van der Waals surface area (Å²) in [6.07, 6.45) is 1.22. The summed E-state index contributed by atoms with van der Waals surface area (Å²) in [5, 5.41) is 0. The maximum atomic E-state index is 12.0. The van der Waals surface area contributed by atoms with E-state index in [1.165, 1.54) is 12.3 Å². The number of pyridine rings is 1. The number of carbonyl (C=O) groups is 1.